The van der Waals surface area contributed by atoms with Gasteiger partial charge in [-0.05, 0) is 30.7 Å². The number of amides is 1. The van der Waals surface area contributed by atoms with E-state index in [9.17, 15) is 4.79 Å². The molecule has 0 aliphatic heterocycles. The van der Waals surface area contributed by atoms with Crippen molar-refractivity contribution in [2.75, 3.05) is 11.9 Å². The van der Waals surface area contributed by atoms with E-state index in [1.165, 1.54) is 0 Å². The Hall–Kier alpha value is -3.54. The van der Waals surface area contributed by atoms with E-state index in [1.807, 2.05) is 61.5 Å². The van der Waals surface area contributed by atoms with Gasteiger partial charge in [0.15, 0.2) is 0 Å². The predicted octanol–water partition coefficient (Wildman–Crippen LogP) is 4.06. The summed E-state index contributed by atoms with van der Waals surface area (Å²) in [5.74, 6) is 1.22. The van der Waals surface area contributed by atoms with Crippen molar-refractivity contribution < 1.29 is 9.53 Å². The first kappa shape index (κ1) is 16.9. The summed E-state index contributed by atoms with van der Waals surface area (Å²) in [4.78, 5) is 15.8. The van der Waals surface area contributed by atoms with Crippen LogP contribution in [0, 0.1) is 0 Å². The first-order chi connectivity index (χ1) is 13.2. The SMILES string of the molecule is CCOc1ccc2cc(C(=O)Nc3ccnn3Cc3ccccc3)[nH]c2c1. The average Bonchev–Trinajstić information content (AvgIpc) is 3.29. The summed E-state index contributed by atoms with van der Waals surface area (Å²) in [6.45, 7) is 3.13. The van der Waals surface area contributed by atoms with E-state index < -0.39 is 0 Å². The molecule has 4 rings (SSSR count). The summed E-state index contributed by atoms with van der Waals surface area (Å²) in [7, 11) is 0. The van der Waals surface area contributed by atoms with Crippen LogP contribution < -0.4 is 10.1 Å². The van der Waals surface area contributed by atoms with Crippen molar-refractivity contribution in [3.05, 3.63) is 78.1 Å². The normalized spacial score (nSPS) is 10.9. The van der Waals surface area contributed by atoms with E-state index in [2.05, 4.69) is 15.4 Å². The Kier molecular flexibility index (Phi) is 4.61. The molecule has 2 aromatic carbocycles. The molecule has 2 N–H and O–H groups in total. The number of nitrogens with zero attached hydrogens (tertiary/aromatic N) is 2. The fourth-order valence-electron chi connectivity index (χ4n) is 2.99. The van der Waals surface area contributed by atoms with Gasteiger partial charge >= 0.3 is 0 Å². The Morgan fingerprint density at radius 3 is 2.81 bits per heavy atom. The lowest BCUT2D eigenvalue weighted by Gasteiger charge is -2.08. The zero-order valence-electron chi connectivity index (χ0n) is 15.0. The van der Waals surface area contributed by atoms with Crippen LogP contribution in [0.5, 0.6) is 5.75 Å². The molecule has 0 aliphatic rings. The minimum atomic E-state index is -0.209. The second-order valence-corrected chi connectivity index (χ2v) is 6.18. The minimum Gasteiger partial charge on any atom is -0.494 e. The Morgan fingerprint density at radius 1 is 1.15 bits per heavy atom. The summed E-state index contributed by atoms with van der Waals surface area (Å²) in [6, 6.07) is 19.4. The lowest BCUT2D eigenvalue weighted by Crippen LogP contribution is -2.16. The molecule has 136 valence electrons. The number of aromatic nitrogens is 3. The van der Waals surface area contributed by atoms with Crippen molar-refractivity contribution in [3.63, 3.8) is 0 Å². The molecular weight excluding hydrogens is 340 g/mol. The topological polar surface area (TPSA) is 71.9 Å². The molecule has 0 bridgehead atoms. The van der Waals surface area contributed by atoms with Crippen LogP contribution >= 0.6 is 0 Å². The maximum atomic E-state index is 12.7. The summed E-state index contributed by atoms with van der Waals surface area (Å²) < 4.78 is 7.28. The van der Waals surface area contributed by atoms with Gasteiger partial charge in [-0.3, -0.25) is 4.79 Å². The summed E-state index contributed by atoms with van der Waals surface area (Å²) >= 11 is 0. The highest BCUT2D eigenvalue weighted by atomic mass is 16.5. The Balaban J connectivity index is 1.53. The first-order valence-corrected chi connectivity index (χ1v) is 8.85. The van der Waals surface area contributed by atoms with Gasteiger partial charge in [0.2, 0.25) is 0 Å². The standard InChI is InChI=1S/C21H20N4O2/c1-2-27-17-9-8-16-12-19(23-18(16)13-17)21(26)24-20-10-11-22-25(20)14-15-6-4-3-5-7-15/h3-13,23H,2,14H2,1H3,(H,24,26). The molecule has 2 aromatic heterocycles. The Bertz CT molecular complexity index is 1070. The molecule has 0 fully saturated rings. The van der Waals surface area contributed by atoms with Gasteiger partial charge in [-0.2, -0.15) is 5.10 Å². The van der Waals surface area contributed by atoms with Crippen LogP contribution in [0.4, 0.5) is 5.82 Å². The van der Waals surface area contributed by atoms with E-state index in [-0.39, 0.29) is 5.91 Å². The van der Waals surface area contributed by atoms with E-state index in [0.717, 1.165) is 22.2 Å². The maximum Gasteiger partial charge on any atom is 0.273 e. The molecule has 0 aliphatic carbocycles. The Morgan fingerprint density at radius 2 is 2.00 bits per heavy atom. The van der Waals surface area contributed by atoms with Crippen LogP contribution in [0.3, 0.4) is 0 Å². The van der Waals surface area contributed by atoms with Crippen molar-refractivity contribution in [1.29, 1.82) is 0 Å². The summed E-state index contributed by atoms with van der Waals surface area (Å²) in [5.41, 5.74) is 2.47. The zero-order chi connectivity index (χ0) is 18.6. The van der Waals surface area contributed by atoms with E-state index in [1.54, 1.807) is 16.9 Å². The summed E-state index contributed by atoms with van der Waals surface area (Å²) in [6.07, 6.45) is 1.68. The lowest BCUT2D eigenvalue weighted by atomic mass is 10.2. The molecule has 2 heterocycles. The smallest absolute Gasteiger partial charge is 0.273 e. The predicted molar refractivity (Wildman–Crippen MR) is 105 cm³/mol. The van der Waals surface area contributed by atoms with Crippen LogP contribution in [0.25, 0.3) is 10.9 Å². The first-order valence-electron chi connectivity index (χ1n) is 8.85. The van der Waals surface area contributed by atoms with Crippen molar-refractivity contribution in [3.8, 4) is 5.75 Å². The molecule has 6 heteroatoms. The van der Waals surface area contributed by atoms with E-state index in [4.69, 9.17) is 4.74 Å². The number of ether oxygens (including phenoxy) is 1. The third kappa shape index (κ3) is 3.69. The van der Waals surface area contributed by atoms with Gasteiger partial charge < -0.3 is 15.0 Å². The molecule has 0 spiro atoms. The van der Waals surface area contributed by atoms with Crippen LogP contribution in [-0.4, -0.2) is 27.3 Å². The Labute approximate surface area is 156 Å². The van der Waals surface area contributed by atoms with E-state index >= 15 is 0 Å². The molecule has 6 nitrogen and oxygen atoms in total. The van der Waals surface area contributed by atoms with Crippen LogP contribution in [0.1, 0.15) is 23.0 Å². The molecule has 0 radical (unpaired) electrons. The van der Waals surface area contributed by atoms with Crippen molar-refractivity contribution in [2.45, 2.75) is 13.5 Å². The number of fused-ring (bicyclic) bond motifs is 1. The number of nitrogens with one attached hydrogen (secondary N) is 2. The molecule has 0 saturated carbocycles. The number of rotatable bonds is 6. The van der Waals surface area contributed by atoms with Gasteiger partial charge in [0, 0.05) is 23.0 Å². The number of hydrogen-bond donors (Lipinski definition) is 2. The second-order valence-electron chi connectivity index (χ2n) is 6.18. The fourth-order valence-corrected chi connectivity index (χ4v) is 2.99. The van der Waals surface area contributed by atoms with Crippen LogP contribution in [-0.2, 0) is 6.54 Å². The zero-order valence-corrected chi connectivity index (χ0v) is 15.0. The van der Waals surface area contributed by atoms with Crippen LogP contribution in [0.15, 0.2) is 66.9 Å². The minimum absolute atomic E-state index is 0.209. The molecule has 0 unspecified atom stereocenters. The highest BCUT2D eigenvalue weighted by molar-refractivity contribution is 6.05. The lowest BCUT2D eigenvalue weighted by molar-refractivity contribution is 0.102. The number of H-pyrrole nitrogens is 1. The van der Waals surface area contributed by atoms with Crippen LogP contribution in [0.2, 0.25) is 0 Å². The quantitative estimate of drug-likeness (QED) is 0.545. The van der Waals surface area contributed by atoms with Gasteiger partial charge in [0.05, 0.1) is 19.3 Å². The third-order valence-electron chi connectivity index (χ3n) is 4.28. The number of benzene rings is 2. The van der Waals surface area contributed by atoms with Gasteiger partial charge in [0.1, 0.15) is 17.3 Å². The molecule has 4 aromatic rings. The number of carbonyl (C=O) groups excluding carboxylic acids is 1. The monoisotopic (exact) mass is 360 g/mol. The maximum absolute atomic E-state index is 12.7. The van der Waals surface area contributed by atoms with Crippen molar-refractivity contribution in [2.24, 2.45) is 0 Å². The highest BCUT2D eigenvalue weighted by Gasteiger charge is 2.13. The summed E-state index contributed by atoms with van der Waals surface area (Å²) in [5, 5.41) is 8.19. The van der Waals surface area contributed by atoms with E-state index in [0.29, 0.717) is 24.7 Å². The van der Waals surface area contributed by atoms with Gasteiger partial charge in [0.25, 0.3) is 5.91 Å². The number of anilines is 1. The average molecular weight is 360 g/mol. The third-order valence-corrected chi connectivity index (χ3v) is 4.28. The van der Waals surface area contributed by atoms with Gasteiger partial charge in [-0.1, -0.05) is 30.3 Å². The molecule has 0 saturated heterocycles. The molecule has 0 atom stereocenters. The number of aromatic amines is 1. The number of hydrogen-bond acceptors (Lipinski definition) is 3. The largest absolute Gasteiger partial charge is 0.494 e. The number of carbonyl (C=O) groups is 1. The van der Waals surface area contributed by atoms with Gasteiger partial charge in [-0.15, -0.1) is 0 Å². The molecule has 27 heavy (non-hydrogen) atoms. The fraction of sp³-hybridized carbons (Fsp3) is 0.143. The van der Waals surface area contributed by atoms with Gasteiger partial charge in [-0.25, -0.2) is 4.68 Å². The second kappa shape index (κ2) is 7.37. The van der Waals surface area contributed by atoms with Crippen molar-refractivity contribution in [1.82, 2.24) is 14.8 Å². The van der Waals surface area contributed by atoms with Crippen molar-refractivity contribution >= 4 is 22.6 Å². The highest BCUT2D eigenvalue weighted by Crippen LogP contribution is 2.22. The molecular formula is C21H20N4O2. The molecule has 1 amide bonds.